The number of amides is 1. The van der Waals surface area contributed by atoms with Gasteiger partial charge in [0.25, 0.3) is 0 Å². The van der Waals surface area contributed by atoms with Crippen LogP contribution in [0.2, 0.25) is 0 Å². The van der Waals surface area contributed by atoms with Gasteiger partial charge < -0.3 is 21.5 Å². The lowest BCUT2D eigenvalue weighted by atomic mass is 9.87. The molecule has 1 amide bonds. The summed E-state index contributed by atoms with van der Waals surface area (Å²) in [7, 11) is 0. The quantitative estimate of drug-likeness (QED) is 0.493. The number of rotatable bonds is 3. The van der Waals surface area contributed by atoms with Gasteiger partial charge in [-0.15, -0.1) is 0 Å². The Hall–Kier alpha value is -0.980. The standard InChI is InChI=1S/C13H22FN3O2/c14-9-6-10(12(16)18)17(7-9)13(19)11(15)8-4-2-1-3-5-8/h1-2,8-12,18H,3-7,15-16H2/t8-,9-,10-,11-,12?/m0/s1. The molecule has 5 atom stereocenters. The number of nitrogens with two attached hydrogens (primary N) is 2. The van der Waals surface area contributed by atoms with E-state index in [1.165, 1.54) is 4.90 Å². The number of aliphatic hydroxyl groups excluding tert-OH is 1. The molecule has 2 aliphatic rings. The summed E-state index contributed by atoms with van der Waals surface area (Å²) in [5, 5.41) is 9.45. The monoisotopic (exact) mass is 271 g/mol. The maximum Gasteiger partial charge on any atom is 0.240 e. The number of carbonyl (C=O) groups excluding carboxylic acids is 1. The van der Waals surface area contributed by atoms with Crippen LogP contribution in [0.5, 0.6) is 0 Å². The van der Waals surface area contributed by atoms with Crippen LogP contribution >= 0.6 is 0 Å². The van der Waals surface area contributed by atoms with Crippen molar-refractivity contribution in [3.63, 3.8) is 0 Å². The van der Waals surface area contributed by atoms with Gasteiger partial charge in [-0.3, -0.25) is 4.79 Å². The van der Waals surface area contributed by atoms with Crippen molar-refractivity contribution in [2.24, 2.45) is 17.4 Å². The number of hydrogen-bond donors (Lipinski definition) is 3. The van der Waals surface area contributed by atoms with E-state index in [1.807, 2.05) is 6.08 Å². The number of carbonyl (C=O) groups is 1. The molecule has 1 saturated heterocycles. The van der Waals surface area contributed by atoms with Gasteiger partial charge in [-0.2, -0.15) is 0 Å². The van der Waals surface area contributed by atoms with E-state index in [0.717, 1.165) is 19.3 Å². The largest absolute Gasteiger partial charge is 0.377 e. The second-order valence-electron chi connectivity index (χ2n) is 5.45. The van der Waals surface area contributed by atoms with E-state index in [4.69, 9.17) is 11.5 Å². The topological polar surface area (TPSA) is 92.6 Å². The van der Waals surface area contributed by atoms with Crippen LogP contribution in [-0.2, 0) is 4.79 Å². The fourth-order valence-electron chi connectivity index (χ4n) is 2.93. The van der Waals surface area contributed by atoms with Crippen molar-refractivity contribution < 1.29 is 14.3 Å². The van der Waals surface area contributed by atoms with Crippen molar-refractivity contribution >= 4 is 5.91 Å². The van der Waals surface area contributed by atoms with E-state index in [-0.39, 0.29) is 24.8 Å². The molecule has 2 rings (SSSR count). The van der Waals surface area contributed by atoms with Crippen LogP contribution in [0.15, 0.2) is 12.2 Å². The molecule has 1 heterocycles. The van der Waals surface area contributed by atoms with Crippen LogP contribution in [0.25, 0.3) is 0 Å². The summed E-state index contributed by atoms with van der Waals surface area (Å²) in [6, 6.07) is -1.30. The summed E-state index contributed by atoms with van der Waals surface area (Å²) in [6.07, 6.45) is 4.39. The van der Waals surface area contributed by atoms with E-state index in [2.05, 4.69) is 6.08 Å². The van der Waals surface area contributed by atoms with Crippen LogP contribution in [-0.4, -0.2) is 46.9 Å². The van der Waals surface area contributed by atoms with Gasteiger partial charge in [0.1, 0.15) is 12.4 Å². The Morgan fingerprint density at radius 1 is 1.42 bits per heavy atom. The number of alkyl halides is 1. The van der Waals surface area contributed by atoms with E-state index >= 15 is 0 Å². The van der Waals surface area contributed by atoms with E-state index in [1.54, 1.807) is 0 Å². The number of nitrogens with zero attached hydrogens (tertiary/aromatic N) is 1. The molecular formula is C13H22FN3O2. The van der Waals surface area contributed by atoms with Gasteiger partial charge in [0.2, 0.25) is 5.91 Å². The molecule has 19 heavy (non-hydrogen) atoms. The minimum atomic E-state index is -1.22. The van der Waals surface area contributed by atoms with Crippen molar-refractivity contribution in [3.05, 3.63) is 12.2 Å². The summed E-state index contributed by atoms with van der Waals surface area (Å²) >= 11 is 0. The second-order valence-corrected chi connectivity index (χ2v) is 5.45. The van der Waals surface area contributed by atoms with E-state index in [9.17, 15) is 14.3 Å². The highest BCUT2D eigenvalue weighted by molar-refractivity contribution is 5.82. The molecule has 5 N–H and O–H groups in total. The Bertz CT molecular complexity index is 362. The number of allylic oxidation sites excluding steroid dienone is 2. The number of hydrogen-bond acceptors (Lipinski definition) is 4. The first kappa shape index (κ1) is 14.4. The van der Waals surface area contributed by atoms with Gasteiger partial charge in [0.15, 0.2) is 0 Å². The van der Waals surface area contributed by atoms with Crippen LogP contribution < -0.4 is 11.5 Å². The van der Waals surface area contributed by atoms with Gasteiger partial charge in [0, 0.05) is 6.42 Å². The highest BCUT2D eigenvalue weighted by atomic mass is 19.1. The van der Waals surface area contributed by atoms with E-state index in [0.29, 0.717) is 0 Å². The normalized spacial score (nSPS) is 34.3. The Labute approximate surface area is 112 Å². The molecule has 0 aromatic heterocycles. The molecule has 6 heteroatoms. The minimum Gasteiger partial charge on any atom is -0.377 e. The molecular weight excluding hydrogens is 249 g/mol. The molecule has 0 aromatic rings. The third-order valence-corrected chi connectivity index (χ3v) is 4.07. The third-order valence-electron chi connectivity index (χ3n) is 4.07. The fourth-order valence-corrected chi connectivity index (χ4v) is 2.93. The Morgan fingerprint density at radius 3 is 2.74 bits per heavy atom. The van der Waals surface area contributed by atoms with Gasteiger partial charge in [0.05, 0.1) is 18.6 Å². The first-order valence-corrected chi connectivity index (χ1v) is 6.79. The molecule has 0 spiro atoms. The lowest BCUT2D eigenvalue weighted by Gasteiger charge is -2.32. The van der Waals surface area contributed by atoms with Crippen LogP contribution in [0, 0.1) is 5.92 Å². The molecule has 1 unspecified atom stereocenters. The van der Waals surface area contributed by atoms with Crippen LogP contribution in [0.3, 0.4) is 0 Å². The van der Waals surface area contributed by atoms with Gasteiger partial charge in [-0.1, -0.05) is 12.2 Å². The van der Waals surface area contributed by atoms with Gasteiger partial charge in [-0.25, -0.2) is 4.39 Å². The zero-order valence-electron chi connectivity index (χ0n) is 10.9. The minimum absolute atomic E-state index is 0.0198. The fraction of sp³-hybridized carbons (Fsp3) is 0.769. The SMILES string of the molecule is NC(O)[C@@H]1C[C@H](F)CN1C(=O)[C@@H](N)[C@H]1CC=CCC1. The Morgan fingerprint density at radius 2 is 2.16 bits per heavy atom. The molecule has 1 fully saturated rings. The van der Waals surface area contributed by atoms with Crippen molar-refractivity contribution in [1.82, 2.24) is 4.90 Å². The summed E-state index contributed by atoms with van der Waals surface area (Å²) in [4.78, 5) is 13.7. The van der Waals surface area contributed by atoms with Crippen molar-refractivity contribution in [1.29, 1.82) is 0 Å². The van der Waals surface area contributed by atoms with E-state index < -0.39 is 24.5 Å². The molecule has 1 aliphatic heterocycles. The molecule has 0 saturated carbocycles. The number of likely N-dealkylation sites (tertiary alicyclic amines) is 1. The second kappa shape index (κ2) is 5.98. The summed E-state index contributed by atoms with van der Waals surface area (Å²) in [5.41, 5.74) is 11.4. The predicted octanol–water partition coefficient (Wildman–Crippen LogP) is -0.114. The van der Waals surface area contributed by atoms with Crippen molar-refractivity contribution in [2.45, 2.75) is 50.2 Å². The summed E-state index contributed by atoms with van der Waals surface area (Å²) < 4.78 is 13.4. The molecule has 108 valence electrons. The highest BCUT2D eigenvalue weighted by Gasteiger charge is 2.41. The van der Waals surface area contributed by atoms with Crippen LogP contribution in [0.1, 0.15) is 25.7 Å². The van der Waals surface area contributed by atoms with Gasteiger partial charge >= 0.3 is 0 Å². The van der Waals surface area contributed by atoms with Gasteiger partial charge in [-0.05, 0) is 25.2 Å². The third kappa shape index (κ3) is 3.13. The number of halogens is 1. The number of aliphatic hydroxyl groups is 1. The zero-order chi connectivity index (χ0) is 14.0. The molecule has 0 bridgehead atoms. The highest BCUT2D eigenvalue weighted by Crippen LogP contribution is 2.26. The smallest absolute Gasteiger partial charge is 0.240 e. The summed E-state index contributed by atoms with van der Waals surface area (Å²) in [5.74, 6) is -0.207. The first-order chi connectivity index (χ1) is 9.00. The average molecular weight is 271 g/mol. The summed E-state index contributed by atoms with van der Waals surface area (Å²) in [6.45, 7) is -0.0198. The van der Waals surface area contributed by atoms with Crippen molar-refractivity contribution in [3.8, 4) is 0 Å². The maximum atomic E-state index is 13.4. The lowest BCUT2D eigenvalue weighted by molar-refractivity contribution is -0.137. The average Bonchev–Trinajstić information content (AvgIpc) is 2.80. The van der Waals surface area contributed by atoms with Crippen molar-refractivity contribution in [2.75, 3.05) is 6.54 Å². The Balaban J connectivity index is 2.03. The first-order valence-electron chi connectivity index (χ1n) is 6.79. The molecule has 1 aliphatic carbocycles. The lowest BCUT2D eigenvalue weighted by Crippen LogP contribution is -2.54. The Kier molecular flexibility index (Phi) is 4.54. The van der Waals surface area contributed by atoms with Crippen LogP contribution in [0.4, 0.5) is 4.39 Å². The molecule has 5 nitrogen and oxygen atoms in total. The predicted molar refractivity (Wildman–Crippen MR) is 69.7 cm³/mol. The zero-order valence-corrected chi connectivity index (χ0v) is 10.9. The maximum absolute atomic E-state index is 13.4. The molecule has 0 aromatic carbocycles. The molecule has 0 radical (unpaired) electrons.